The zero-order chi connectivity index (χ0) is 20.6. The number of aliphatic imine (C=N–C) groups is 1. The fraction of sp³-hybridized carbons (Fsp3) is 0.789. The first-order valence-electron chi connectivity index (χ1n) is 10.7. The molecule has 1 aromatic rings. The van der Waals surface area contributed by atoms with Crippen molar-refractivity contribution in [3.05, 3.63) is 5.82 Å². The molecular weight excluding hydrogens is 388 g/mol. The number of carbonyl (C=O) groups is 1. The maximum Gasteiger partial charge on any atom is 0.219 e. The summed E-state index contributed by atoms with van der Waals surface area (Å²) in [7, 11) is 0. The molecule has 1 aromatic heterocycles. The quantitative estimate of drug-likeness (QED) is 0.523. The van der Waals surface area contributed by atoms with Gasteiger partial charge in [0.1, 0.15) is 5.82 Å². The monoisotopic (exact) mass is 422 g/mol. The normalized spacial score (nSPS) is 19.0. The molecule has 0 saturated carbocycles. The lowest BCUT2D eigenvalue weighted by atomic mass is 10.3. The molecule has 2 aliphatic rings. The van der Waals surface area contributed by atoms with Crippen molar-refractivity contribution in [3.63, 3.8) is 0 Å². The van der Waals surface area contributed by atoms with Crippen LogP contribution in [0.15, 0.2) is 4.99 Å². The van der Waals surface area contributed by atoms with E-state index in [-0.39, 0.29) is 5.91 Å². The first-order chi connectivity index (χ1) is 14.1. The molecule has 10 heteroatoms. The molecule has 2 aliphatic heterocycles. The van der Waals surface area contributed by atoms with Crippen LogP contribution in [0, 0.1) is 0 Å². The number of nitrogens with one attached hydrogen (secondary N) is 1. The molecule has 1 amide bonds. The highest BCUT2D eigenvalue weighted by Crippen LogP contribution is 2.19. The van der Waals surface area contributed by atoms with Gasteiger partial charge in [0.2, 0.25) is 11.0 Å². The second kappa shape index (κ2) is 10.7. The summed E-state index contributed by atoms with van der Waals surface area (Å²) < 4.78 is 4.41. The summed E-state index contributed by atoms with van der Waals surface area (Å²) in [5.74, 6) is 2.11. The van der Waals surface area contributed by atoms with Crippen molar-refractivity contribution in [2.24, 2.45) is 4.99 Å². The standard InChI is InChI=1S/C19H34N8OS/c1-4-17-22-19(29-23-17)27-14-12-26(13-15-27)18(20-5-2)21-6-7-24-8-10-25(11-9-24)16(3)28/h4-15H2,1-3H3,(H,20,21). The first kappa shape index (κ1) is 21.8. The Morgan fingerprint density at radius 2 is 1.76 bits per heavy atom. The van der Waals surface area contributed by atoms with Crippen LogP contribution in [0.4, 0.5) is 5.13 Å². The molecule has 0 bridgehead atoms. The molecule has 2 saturated heterocycles. The number of hydrogen-bond donors (Lipinski definition) is 1. The van der Waals surface area contributed by atoms with Crippen LogP contribution in [-0.2, 0) is 11.2 Å². The van der Waals surface area contributed by atoms with E-state index < -0.39 is 0 Å². The van der Waals surface area contributed by atoms with Crippen LogP contribution in [0.25, 0.3) is 0 Å². The fourth-order valence-electron chi connectivity index (χ4n) is 3.64. The number of aromatic nitrogens is 2. The predicted octanol–water partition coefficient (Wildman–Crippen LogP) is 0.352. The maximum atomic E-state index is 11.4. The van der Waals surface area contributed by atoms with Crippen LogP contribution in [0.5, 0.6) is 0 Å². The van der Waals surface area contributed by atoms with Gasteiger partial charge >= 0.3 is 0 Å². The minimum absolute atomic E-state index is 0.177. The van der Waals surface area contributed by atoms with E-state index in [0.29, 0.717) is 0 Å². The van der Waals surface area contributed by atoms with E-state index in [2.05, 4.69) is 43.2 Å². The zero-order valence-electron chi connectivity index (χ0n) is 17.9. The van der Waals surface area contributed by atoms with Crippen molar-refractivity contribution in [2.75, 3.05) is 76.9 Å². The van der Waals surface area contributed by atoms with Crippen molar-refractivity contribution in [3.8, 4) is 0 Å². The van der Waals surface area contributed by atoms with Gasteiger partial charge in [0.25, 0.3) is 0 Å². The largest absolute Gasteiger partial charge is 0.357 e. The Morgan fingerprint density at radius 1 is 1.07 bits per heavy atom. The highest BCUT2D eigenvalue weighted by molar-refractivity contribution is 7.09. The second-order valence-electron chi connectivity index (χ2n) is 7.40. The minimum Gasteiger partial charge on any atom is -0.357 e. The fourth-order valence-corrected chi connectivity index (χ4v) is 4.44. The highest BCUT2D eigenvalue weighted by atomic mass is 32.1. The summed E-state index contributed by atoms with van der Waals surface area (Å²) in [6.07, 6.45) is 0.886. The Balaban J connectivity index is 1.46. The van der Waals surface area contributed by atoms with Gasteiger partial charge < -0.3 is 20.0 Å². The number of piperazine rings is 2. The number of anilines is 1. The van der Waals surface area contributed by atoms with E-state index in [1.807, 2.05) is 4.90 Å². The lowest BCUT2D eigenvalue weighted by Gasteiger charge is -2.36. The van der Waals surface area contributed by atoms with E-state index in [0.717, 1.165) is 95.3 Å². The second-order valence-corrected chi connectivity index (χ2v) is 8.13. The van der Waals surface area contributed by atoms with E-state index in [4.69, 9.17) is 4.99 Å². The van der Waals surface area contributed by atoms with Gasteiger partial charge in [0, 0.05) is 90.3 Å². The Kier molecular flexibility index (Phi) is 8.05. The molecule has 9 nitrogen and oxygen atoms in total. The van der Waals surface area contributed by atoms with Crippen LogP contribution >= 0.6 is 11.5 Å². The summed E-state index contributed by atoms with van der Waals surface area (Å²) >= 11 is 1.50. The Labute approximate surface area is 177 Å². The van der Waals surface area contributed by atoms with Gasteiger partial charge in [-0.3, -0.25) is 14.7 Å². The molecule has 1 N–H and O–H groups in total. The molecular formula is C19H34N8OS. The Bertz CT molecular complexity index is 678. The molecule has 0 unspecified atom stereocenters. The molecule has 0 atom stereocenters. The summed E-state index contributed by atoms with van der Waals surface area (Å²) in [5.41, 5.74) is 0. The number of aryl methyl sites for hydroxylation is 1. The summed E-state index contributed by atoms with van der Waals surface area (Å²) in [6.45, 7) is 15.7. The van der Waals surface area contributed by atoms with Crippen LogP contribution in [0.1, 0.15) is 26.6 Å². The Hall–Kier alpha value is -1.94. The zero-order valence-corrected chi connectivity index (χ0v) is 18.7. The van der Waals surface area contributed by atoms with Crippen molar-refractivity contribution >= 4 is 28.5 Å². The smallest absolute Gasteiger partial charge is 0.219 e. The van der Waals surface area contributed by atoms with Crippen LogP contribution in [0.3, 0.4) is 0 Å². The summed E-state index contributed by atoms with van der Waals surface area (Å²) in [6, 6.07) is 0. The number of hydrogen-bond acceptors (Lipinski definition) is 7. The lowest BCUT2D eigenvalue weighted by Crippen LogP contribution is -2.53. The van der Waals surface area contributed by atoms with Gasteiger partial charge in [0.15, 0.2) is 5.96 Å². The third kappa shape index (κ3) is 6.02. The minimum atomic E-state index is 0.177. The number of nitrogens with zero attached hydrogens (tertiary/aromatic N) is 7. The molecule has 162 valence electrons. The molecule has 3 rings (SSSR count). The van der Waals surface area contributed by atoms with Crippen LogP contribution in [0.2, 0.25) is 0 Å². The predicted molar refractivity (Wildman–Crippen MR) is 118 cm³/mol. The maximum absolute atomic E-state index is 11.4. The molecule has 0 radical (unpaired) electrons. The third-order valence-corrected chi connectivity index (χ3v) is 6.27. The van der Waals surface area contributed by atoms with E-state index >= 15 is 0 Å². The third-order valence-electron chi connectivity index (χ3n) is 5.45. The molecule has 0 aliphatic carbocycles. The topological polar surface area (TPSA) is 80.2 Å². The number of guanidine groups is 1. The first-order valence-corrected chi connectivity index (χ1v) is 11.5. The number of amides is 1. The molecule has 29 heavy (non-hydrogen) atoms. The average molecular weight is 423 g/mol. The van der Waals surface area contributed by atoms with Crippen molar-refractivity contribution in [2.45, 2.75) is 27.2 Å². The van der Waals surface area contributed by atoms with E-state index in [1.165, 1.54) is 11.5 Å². The van der Waals surface area contributed by atoms with Gasteiger partial charge in [-0.15, -0.1) is 0 Å². The van der Waals surface area contributed by atoms with E-state index in [9.17, 15) is 4.79 Å². The van der Waals surface area contributed by atoms with Gasteiger partial charge in [-0.1, -0.05) is 6.92 Å². The number of rotatable bonds is 6. The number of carbonyl (C=O) groups excluding carboxylic acids is 1. The summed E-state index contributed by atoms with van der Waals surface area (Å²) in [4.78, 5) is 29.9. The van der Waals surface area contributed by atoms with Crippen molar-refractivity contribution in [1.29, 1.82) is 0 Å². The lowest BCUT2D eigenvalue weighted by molar-refractivity contribution is -0.130. The molecule has 0 aromatic carbocycles. The van der Waals surface area contributed by atoms with Gasteiger partial charge in [-0.05, 0) is 6.92 Å². The van der Waals surface area contributed by atoms with Gasteiger partial charge in [-0.25, -0.2) is 4.98 Å². The molecule has 2 fully saturated rings. The van der Waals surface area contributed by atoms with Crippen molar-refractivity contribution < 1.29 is 4.79 Å². The highest BCUT2D eigenvalue weighted by Gasteiger charge is 2.22. The summed E-state index contributed by atoms with van der Waals surface area (Å²) in [5, 5.41) is 4.48. The van der Waals surface area contributed by atoms with Gasteiger partial charge in [-0.2, -0.15) is 4.37 Å². The Morgan fingerprint density at radius 3 is 2.34 bits per heavy atom. The molecule has 0 spiro atoms. The average Bonchev–Trinajstić information content (AvgIpc) is 3.23. The van der Waals surface area contributed by atoms with Crippen LogP contribution < -0.4 is 10.2 Å². The van der Waals surface area contributed by atoms with Crippen LogP contribution in [-0.4, -0.2) is 108 Å². The van der Waals surface area contributed by atoms with Crippen molar-refractivity contribution in [1.82, 2.24) is 29.4 Å². The SMILES string of the molecule is CCNC(=NCCN1CCN(C(C)=O)CC1)N1CCN(c2nc(CC)ns2)CC1. The molecule has 3 heterocycles. The van der Waals surface area contributed by atoms with E-state index in [1.54, 1.807) is 6.92 Å². The van der Waals surface area contributed by atoms with Gasteiger partial charge in [0.05, 0.1) is 6.54 Å².